The highest BCUT2D eigenvalue weighted by Gasteiger charge is 2.30. The van der Waals surface area contributed by atoms with E-state index in [9.17, 15) is 18.0 Å². The van der Waals surface area contributed by atoms with Gasteiger partial charge in [0.25, 0.3) is 0 Å². The van der Waals surface area contributed by atoms with Crippen molar-refractivity contribution in [3.63, 3.8) is 0 Å². The van der Waals surface area contributed by atoms with Crippen LogP contribution < -0.4 is 16.0 Å². The zero-order valence-corrected chi connectivity index (χ0v) is 23.2. The molecule has 3 N–H and O–H groups in total. The van der Waals surface area contributed by atoms with Crippen LogP contribution in [0.3, 0.4) is 0 Å². The highest BCUT2D eigenvalue weighted by molar-refractivity contribution is 5.99. The minimum absolute atomic E-state index is 0.0466. The molecule has 0 bridgehead atoms. The van der Waals surface area contributed by atoms with E-state index in [-0.39, 0.29) is 5.69 Å². The fraction of sp³-hybridized carbons (Fsp3) is 0.219. The average Bonchev–Trinajstić information content (AvgIpc) is 3.68. The third kappa shape index (κ3) is 6.78. The van der Waals surface area contributed by atoms with Crippen molar-refractivity contribution in [3.8, 4) is 22.4 Å². The predicted molar refractivity (Wildman–Crippen MR) is 162 cm³/mol. The van der Waals surface area contributed by atoms with Crippen LogP contribution in [0.15, 0.2) is 91.4 Å². The molecule has 1 aliphatic heterocycles. The summed E-state index contributed by atoms with van der Waals surface area (Å²) in [5.74, 6) is 0.859. The van der Waals surface area contributed by atoms with Crippen LogP contribution >= 0.6 is 0 Å². The number of alkyl halides is 3. The van der Waals surface area contributed by atoms with Gasteiger partial charge in [0.1, 0.15) is 11.5 Å². The highest BCUT2D eigenvalue weighted by atomic mass is 19.4. The molecule has 0 saturated carbocycles. The molecule has 2 amide bonds. The lowest BCUT2D eigenvalue weighted by Crippen LogP contribution is -2.26. The Morgan fingerprint density at radius 1 is 0.814 bits per heavy atom. The number of likely N-dealkylation sites (tertiary alicyclic amines) is 1. The minimum Gasteiger partial charge on any atom is -0.369 e. The van der Waals surface area contributed by atoms with E-state index < -0.39 is 17.8 Å². The van der Waals surface area contributed by atoms with Crippen LogP contribution in [-0.4, -0.2) is 51.5 Å². The molecule has 0 aliphatic carbocycles. The summed E-state index contributed by atoms with van der Waals surface area (Å²) in [5.41, 5.74) is 4.25. The molecule has 1 aliphatic rings. The van der Waals surface area contributed by atoms with Gasteiger partial charge in [-0.1, -0.05) is 18.2 Å². The number of nitrogens with zero attached hydrogens (tertiary/aromatic N) is 4. The van der Waals surface area contributed by atoms with Crippen LogP contribution in [0.5, 0.6) is 0 Å². The summed E-state index contributed by atoms with van der Waals surface area (Å²) in [5, 5.41) is 8.48. The number of aromatic nitrogens is 3. The fourth-order valence-electron chi connectivity index (χ4n) is 5.18. The first-order chi connectivity index (χ1) is 20.8. The third-order valence-corrected chi connectivity index (χ3v) is 7.43. The number of imidazole rings is 1. The van der Waals surface area contributed by atoms with Crippen molar-refractivity contribution >= 4 is 28.9 Å². The predicted octanol–water partition coefficient (Wildman–Crippen LogP) is 7.23. The topological polar surface area (TPSA) is 86.6 Å². The second-order valence-electron chi connectivity index (χ2n) is 10.4. The molecule has 0 radical (unpaired) electrons. The Hall–Kier alpha value is -4.90. The number of rotatable bonds is 8. The molecule has 11 heteroatoms. The van der Waals surface area contributed by atoms with Gasteiger partial charge in [0.15, 0.2) is 0 Å². The number of urea groups is 1. The van der Waals surface area contributed by atoms with Gasteiger partial charge in [0.05, 0.1) is 17.5 Å². The monoisotopic (exact) mass is 585 g/mol. The van der Waals surface area contributed by atoms with E-state index in [1.54, 1.807) is 18.3 Å². The van der Waals surface area contributed by atoms with Crippen LogP contribution in [0, 0.1) is 0 Å². The second kappa shape index (κ2) is 12.1. The van der Waals surface area contributed by atoms with Crippen molar-refractivity contribution in [3.05, 3.63) is 97.0 Å². The number of nitrogens with one attached hydrogen (secondary N) is 3. The zero-order valence-electron chi connectivity index (χ0n) is 23.2. The van der Waals surface area contributed by atoms with E-state index in [1.807, 2.05) is 47.1 Å². The van der Waals surface area contributed by atoms with E-state index in [1.165, 1.54) is 38.1 Å². The van der Waals surface area contributed by atoms with Gasteiger partial charge in [-0.25, -0.2) is 14.8 Å². The van der Waals surface area contributed by atoms with E-state index >= 15 is 0 Å². The fourth-order valence-corrected chi connectivity index (χ4v) is 5.18. The lowest BCUT2D eigenvalue weighted by atomic mass is 10.1. The smallest absolute Gasteiger partial charge is 0.369 e. The molecule has 3 aromatic heterocycles. The van der Waals surface area contributed by atoms with Gasteiger partial charge in [0.2, 0.25) is 0 Å². The van der Waals surface area contributed by atoms with Crippen LogP contribution in [0.1, 0.15) is 18.4 Å². The van der Waals surface area contributed by atoms with E-state index in [0.29, 0.717) is 5.69 Å². The Labute approximate surface area is 246 Å². The van der Waals surface area contributed by atoms with Crippen molar-refractivity contribution in [2.75, 3.05) is 42.1 Å². The highest BCUT2D eigenvalue weighted by Crippen LogP contribution is 2.31. The summed E-state index contributed by atoms with van der Waals surface area (Å²) in [4.78, 5) is 24.0. The zero-order chi connectivity index (χ0) is 29.8. The van der Waals surface area contributed by atoms with Crippen LogP contribution in [0.25, 0.3) is 28.0 Å². The Morgan fingerprint density at radius 3 is 2.33 bits per heavy atom. The summed E-state index contributed by atoms with van der Waals surface area (Å²) in [6.07, 6.45) is 3.70. The minimum atomic E-state index is -4.49. The summed E-state index contributed by atoms with van der Waals surface area (Å²) in [6, 6.07) is 19.0. The standard InChI is InChI=1S/C32H30F3N7O/c33-32(34,35)25-4-3-5-27(19-25)40-31(43)39-26-9-6-22(7-10-26)28-21-38-30-18-23(12-16-42(28)30)24-8-11-29(37-20-24)36-13-17-41-14-1-2-15-41/h3-12,16,18-21H,1-2,13-15,17H2,(H,36,37)(H2,39,40,43). The normalized spacial score (nSPS) is 13.7. The van der Waals surface area contributed by atoms with Crippen molar-refractivity contribution in [1.29, 1.82) is 0 Å². The first-order valence-corrected chi connectivity index (χ1v) is 14.1. The number of pyridine rings is 2. The first kappa shape index (κ1) is 28.2. The van der Waals surface area contributed by atoms with Gasteiger partial charge in [-0.05, 0) is 86.1 Å². The van der Waals surface area contributed by atoms with Gasteiger partial charge in [0, 0.05) is 48.0 Å². The molecular formula is C32H30F3N7O. The van der Waals surface area contributed by atoms with Gasteiger partial charge < -0.3 is 20.9 Å². The Bertz CT molecular complexity index is 1710. The van der Waals surface area contributed by atoms with Crippen molar-refractivity contribution in [1.82, 2.24) is 19.3 Å². The maximum atomic E-state index is 12.9. The molecule has 1 fully saturated rings. The van der Waals surface area contributed by atoms with Crippen molar-refractivity contribution in [2.45, 2.75) is 19.0 Å². The molecule has 8 nitrogen and oxygen atoms in total. The molecule has 43 heavy (non-hydrogen) atoms. The Balaban J connectivity index is 1.08. The van der Waals surface area contributed by atoms with Gasteiger partial charge in [-0.3, -0.25) is 4.40 Å². The summed E-state index contributed by atoms with van der Waals surface area (Å²) in [6.45, 7) is 4.27. The molecule has 6 rings (SSSR count). The summed E-state index contributed by atoms with van der Waals surface area (Å²) >= 11 is 0. The van der Waals surface area contributed by atoms with E-state index in [2.05, 4.69) is 36.9 Å². The first-order valence-electron chi connectivity index (χ1n) is 14.1. The molecule has 0 unspecified atom stereocenters. The SMILES string of the molecule is O=C(Nc1ccc(-c2cnc3cc(-c4ccc(NCCN5CCCC5)nc4)ccn23)cc1)Nc1cccc(C(F)(F)F)c1. The molecule has 5 aromatic rings. The quantitative estimate of drug-likeness (QED) is 0.179. The van der Waals surface area contributed by atoms with Crippen LogP contribution in [0.2, 0.25) is 0 Å². The van der Waals surface area contributed by atoms with E-state index in [0.717, 1.165) is 59.1 Å². The van der Waals surface area contributed by atoms with Gasteiger partial charge >= 0.3 is 12.2 Å². The lowest BCUT2D eigenvalue weighted by molar-refractivity contribution is -0.137. The Morgan fingerprint density at radius 2 is 1.58 bits per heavy atom. The second-order valence-corrected chi connectivity index (χ2v) is 10.4. The Kier molecular flexibility index (Phi) is 7.97. The average molecular weight is 586 g/mol. The number of hydrogen-bond acceptors (Lipinski definition) is 5. The number of hydrogen-bond donors (Lipinski definition) is 3. The molecule has 4 heterocycles. The molecule has 0 spiro atoms. The summed E-state index contributed by atoms with van der Waals surface area (Å²) < 4.78 is 40.8. The molecule has 2 aromatic carbocycles. The van der Waals surface area contributed by atoms with Crippen LogP contribution in [-0.2, 0) is 6.18 Å². The maximum absolute atomic E-state index is 12.9. The number of amides is 2. The maximum Gasteiger partial charge on any atom is 0.416 e. The number of fused-ring (bicyclic) bond motifs is 1. The largest absolute Gasteiger partial charge is 0.416 e. The van der Waals surface area contributed by atoms with Crippen molar-refractivity contribution < 1.29 is 18.0 Å². The lowest BCUT2D eigenvalue weighted by Gasteiger charge is -2.15. The van der Waals surface area contributed by atoms with Gasteiger partial charge in [-0.2, -0.15) is 13.2 Å². The number of benzene rings is 2. The number of carbonyl (C=O) groups excluding carboxylic acids is 1. The molecule has 0 atom stereocenters. The van der Waals surface area contributed by atoms with E-state index in [4.69, 9.17) is 0 Å². The van der Waals surface area contributed by atoms with Crippen molar-refractivity contribution in [2.24, 2.45) is 0 Å². The molecular weight excluding hydrogens is 555 g/mol. The molecule has 220 valence electrons. The number of carbonyl (C=O) groups is 1. The number of halogens is 3. The number of anilines is 3. The van der Waals surface area contributed by atoms with Crippen LogP contribution in [0.4, 0.5) is 35.2 Å². The van der Waals surface area contributed by atoms with Gasteiger partial charge in [-0.15, -0.1) is 0 Å². The molecule has 1 saturated heterocycles. The summed E-state index contributed by atoms with van der Waals surface area (Å²) in [7, 11) is 0. The third-order valence-electron chi connectivity index (χ3n) is 7.43.